The first-order valence-corrected chi connectivity index (χ1v) is 11.7. The number of carbonyl (C=O) groups is 2. The molecule has 3 heterocycles. The Kier molecular flexibility index (Phi) is 6.70. The lowest BCUT2D eigenvalue weighted by Crippen LogP contribution is -2.41. The van der Waals surface area contributed by atoms with E-state index in [9.17, 15) is 9.59 Å². The van der Waals surface area contributed by atoms with E-state index in [0.29, 0.717) is 21.8 Å². The van der Waals surface area contributed by atoms with Gasteiger partial charge in [-0.2, -0.15) is 9.39 Å². The van der Waals surface area contributed by atoms with Crippen LogP contribution in [0.2, 0.25) is 0 Å². The number of aliphatic imine (C=N–C) groups is 1. The predicted molar refractivity (Wildman–Crippen MR) is 129 cm³/mol. The summed E-state index contributed by atoms with van der Waals surface area (Å²) in [4.78, 5) is 30.5. The van der Waals surface area contributed by atoms with Crippen LogP contribution in [0, 0.1) is 11.3 Å². The van der Waals surface area contributed by atoms with Crippen LogP contribution in [0.4, 0.5) is 0 Å². The Morgan fingerprint density at radius 2 is 2.15 bits per heavy atom. The molecule has 0 saturated carbocycles. The molecular formula is C22H20N4O5S2. The van der Waals surface area contributed by atoms with Crippen LogP contribution < -0.4 is 9.47 Å². The van der Waals surface area contributed by atoms with Crippen molar-refractivity contribution in [3.63, 3.8) is 0 Å². The molecule has 2 aliphatic heterocycles. The van der Waals surface area contributed by atoms with Gasteiger partial charge in [0, 0.05) is 5.75 Å². The van der Waals surface area contributed by atoms with E-state index in [-0.39, 0.29) is 28.7 Å². The average molecular weight is 485 g/mol. The third-order valence-corrected chi connectivity index (χ3v) is 6.65. The Bertz CT molecular complexity index is 1200. The van der Waals surface area contributed by atoms with Crippen LogP contribution in [0.15, 0.2) is 56.0 Å². The minimum absolute atomic E-state index is 0.0114. The van der Waals surface area contributed by atoms with E-state index in [1.165, 1.54) is 31.2 Å². The van der Waals surface area contributed by atoms with E-state index in [1.54, 1.807) is 35.2 Å². The zero-order valence-corrected chi connectivity index (χ0v) is 19.7. The van der Waals surface area contributed by atoms with E-state index < -0.39 is 11.9 Å². The molecule has 0 unspecified atom stereocenters. The summed E-state index contributed by atoms with van der Waals surface area (Å²) in [5.74, 6) is 0.665. The number of carbonyl (C=O) groups excluding carboxylic acids is 2. The van der Waals surface area contributed by atoms with Crippen molar-refractivity contribution in [2.45, 2.75) is 13.8 Å². The standard InChI is InChI=1S/C22H20N4O5S2/c1-12(2)11-32-22-25-33-21-24-19(27)14(18(23)26(21)22)9-13-6-7-15(17(10-13)29-3)31-20(28)16-5-4-8-30-16/h4-10,12,23H,11H2,1-3H3/b14-9-,23-18?. The van der Waals surface area contributed by atoms with E-state index in [1.807, 2.05) is 0 Å². The number of nitrogens with zero attached hydrogens (tertiary/aromatic N) is 3. The fourth-order valence-electron chi connectivity index (χ4n) is 2.91. The summed E-state index contributed by atoms with van der Waals surface area (Å²) in [6.45, 7) is 4.20. The summed E-state index contributed by atoms with van der Waals surface area (Å²) in [7, 11) is 1.44. The van der Waals surface area contributed by atoms with E-state index >= 15 is 0 Å². The van der Waals surface area contributed by atoms with Gasteiger partial charge in [-0.1, -0.05) is 31.7 Å². The maximum Gasteiger partial charge on any atom is 0.379 e. The number of hydrogen-bond acceptors (Lipinski definition) is 9. The predicted octanol–water partition coefficient (Wildman–Crippen LogP) is 4.47. The number of benzene rings is 1. The molecule has 170 valence electrons. The molecule has 9 nitrogen and oxygen atoms in total. The molecule has 2 aromatic rings. The first-order chi connectivity index (χ1) is 15.9. The normalized spacial score (nSPS) is 16.7. The summed E-state index contributed by atoms with van der Waals surface area (Å²) < 4.78 is 20.1. The van der Waals surface area contributed by atoms with Crippen molar-refractivity contribution < 1.29 is 23.5 Å². The molecule has 2 aliphatic rings. The first kappa shape index (κ1) is 22.9. The summed E-state index contributed by atoms with van der Waals surface area (Å²) >= 11 is 2.61. The third kappa shape index (κ3) is 4.88. The van der Waals surface area contributed by atoms with Gasteiger partial charge >= 0.3 is 5.97 Å². The number of fused-ring (bicyclic) bond motifs is 1. The number of furan rings is 1. The van der Waals surface area contributed by atoms with Gasteiger partial charge in [-0.15, -0.1) is 0 Å². The van der Waals surface area contributed by atoms with Crippen LogP contribution in [0.25, 0.3) is 6.08 Å². The van der Waals surface area contributed by atoms with Crippen LogP contribution in [-0.4, -0.2) is 45.8 Å². The second kappa shape index (κ2) is 9.67. The molecule has 0 atom stereocenters. The maximum absolute atomic E-state index is 12.6. The van der Waals surface area contributed by atoms with Gasteiger partial charge in [-0.05, 0) is 41.8 Å². The number of thioether (sulfide) groups is 1. The second-order valence-corrected chi connectivity index (χ2v) is 9.11. The monoisotopic (exact) mass is 484 g/mol. The van der Waals surface area contributed by atoms with Gasteiger partial charge in [0.25, 0.3) is 5.91 Å². The number of nitrogens with one attached hydrogen (secondary N) is 1. The Morgan fingerprint density at radius 3 is 2.85 bits per heavy atom. The lowest BCUT2D eigenvalue weighted by Gasteiger charge is -2.24. The van der Waals surface area contributed by atoms with Crippen molar-refractivity contribution in [2.75, 3.05) is 12.9 Å². The molecule has 0 radical (unpaired) electrons. The van der Waals surface area contributed by atoms with Gasteiger partial charge < -0.3 is 13.9 Å². The molecule has 0 spiro atoms. The first-order valence-electron chi connectivity index (χ1n) is 9.92. The molecule has 11 heteroatoms. The maximum atomic E-state index is 12.6. The number of esters is 1. The zero-order chi connectivity index (χ0) is 23.5. The fraction of sp³-hybridized carbons (Fsp3) is 0.227. The number of amides is 1. The highest BCUT2D eigenvalue weighted by Gasteiger charge is 2.37. The number of ether oxygens (including phenoxy) is 2. The van der Waals surface area contributed by atoms with Crippen molar-refractivity contribution in [1.82, 2.24) is 4.90 Å². The molecule has 1 aromatic carbocycles. The summed E-state index contributed by atoms with van der Waals surface area (Å²) in [5.41, 5.74) is 0.707. The average Bonchev–Trinajstić information content (AvgIpc) is 3.46. The Balaban J connectivity index is 1.58. The van der Waals surface area contributed by atoms with E-state index in [2.05, 4.69) is 23.2 Å². The molecule has 1 aromatic heterocycles. The number of amidine groups is 3. The van der Waals surface area contributed by atoms with Crippen LogP contribution in [0.1, 0.15) is 30.0 Å². The number of hydrogen-bond donors (Lipinski definition) is 1. The van der Waals surface area contributed by atoms with Crippen molar-refractivity contribution in [3.05, 3.63) is 53.5 Å². The lowest BCUT2D eigenvalue weighted by atomic mass is 10.1. The Hall–Kier alpha value is -3.31. The van der Waals surface area contributed by atoms with Crippen LogP contribution in [-0.2, 0) is 4.79 Å². The minimum atomic E-state index is -0.659. The van der Waals surface area contributed by atoms with Gasteiger partial charge in [0.1, 0.15) is 5.84 Å². The molecule has 1 amide bonds. The van der Waals surface area contributed by atoms with E-state index in [0.717, 1.165) is 17.7 Å². The van der Waals surface area contributed by atoms with Gasteiger partial charge in [0.2, 0.25) is 10.9 Å². The molecule has 1 N–H and O–H groups in total. The topological polar surface area (TPSA) is 118 Å². The molecule has 0 fully saturated rings. The lowest BCUT2D eigenvalue weighted by molar-refractivity contribution is -0.114. The van der Waals surface area contributed by atoms with Gasteiger partial charge in [0.15, 0.2) is 16.7 Å². The Labute approximate surface area is 198 Å². The van der Waals surface area contributed by atoms with Gasteiger partial charge in [-0.3, -0.25) is 10.2 Å². The minimum Gasteiger partial charge on any atom is -0.493 e. The fourth-order valence-corrected chi connectivity index (χ4v) is 4.70. The Morgan fingerprint density at radius 1 is 1.33 bits per heavy atom. The highest BCUT2D eigenvalue weighted by atomic mass is 32.2. The van der Waals surface area contributed by atoms with Gasteiger partial charge in [-0.25, -0.2) is 9.69 Å². The summed E-state index contributed by atoms with van der Waals surface area (Å²) in [5, 5.41) is 9.63. The molecule has 0 saturated heterocycles. The molecule has 0 bridgehead atoms. The zero-order valence-electron chi connectivity index (χ0n) is 18.0. The quantitative estimate of drug-likeness (QED) is 0.276. The summed E-state index contributed by atoms with van der Waals surface area (Å²) in [6.07, 6.45) is 2.93. The number of rotatable bonds is 6. The highest BCUT2D eigenvalue weighted by Crippen LogP contribution is 2.34. The SMILES string of the molecule is COc1cc(/C=C2/C(=N)N3C(SCC(C)C)=NSC3=NC2=O)ccc1OC(=O)c1ccco1. The molecular weight excluding hydrogens is 464 g/mol. The molecule has 0 aliphatic carbocycles. The van der Waals surface area contributed by atoms with Gasteiger partial charge in [0.05, 0.1) is 30.9 Å². The van der Waals surface area contributed by atoms with E-state index in [4.69, 9.17) is 19.3 Å². The van der Waals surface area contributed by atoms with Crippen molar-refractivity contribution in [3.8, 4) is 11.5 Å². The van der Waals surface area contributed by atoms with Crippen molar-refractivity contribution in [2.24, 2.45) is 15.3 Å². The molecule has 33 heavy (non-hydrogen) atoms. The highest BCUT2D eigenvalue weighted by molar-refractivity contribution is 8.19. The third-order valence-electron chi connectivity index (χ3n) is 4.46. The second-order valence-electron chi connectivity index (χ2n) is 7.39. The number of methoxy groups -OCH3 is 1. The largest absolute Gasteiger partial charge is 0.493 e. The van der Waals surface area contributed by atoms with Crippen molar-refractivity contribution in [1.29, 1.82) is 5.41 Å². The smallest absolute Gasteiger partial charge is 0.379 e. The van der Waals surface area contributed by atoms with Crippen LogP contribution in [0.3, 0.4) is 0 Å². The van der Waals surface area contributed by atoms with Crippen LogP contribution in [0.5, 0.6) is 11.5 Å². The van der Waals surface area contributed by atoms with Crippen molar-refractivity contribution >= 4 is 57.8 Å². The summed E-state index contributed by atoms with van der Waals surface area (Å²) in [6, 6.07) is 7.90. The molecule has 4 rings (SSSR count). The van der Waals surface area contributed by atoms with Crippen LogP contribution >= 0.6 is 23.7 Å².